The summed E-state index contributed by atoms with van der Waals surface area (Å²) in [6.45, 7) is 3.59. The fourth-order valence-electron chi connectivity index (χ4n) is 6.00. The summed E-state index contributed by atoms with van der Waals surface area (Å²) in [7, 11) is -8.08. The van der Waals surface area contributed by atoms with Gasteiger partial charge < -0.3 is 0 Å². The van der Waals surface area contributed by atoms with Gasteiger partial charge in [0.05, 0.1) is 4.91 Å². The smallest absolute Gasteiger partial charge is 0.228 e. The van der Waals surface area contributed by atoms with Gasteiger partial charge in [0, 0.05) is 5.41 Å². The summed E-state index contributed by atoms with van der Waals surface area (Å²) < 4.78 is 51.2. The molecule has 2 fully saturated rings. The SMILES string of the molecule is CC1=CC(S(N)(=O)=O)C(C)(C2CCCCC2)C(S(N)(=O)=O)=C1C1CCCCC1. The van der Waals surface area contributed by atoms with E-state index in [1.165, 1.54) is 0 Å². The first-order chi connectivity index (χ1) is 13.0. The molecule has 4 N–H and O–H groups in total. The van der Waals surface area contributed by atoms with Crippen molar-refractivity contribution in [1.29, 1.82) is 0 Å². The maximum absolute atomic E-state index is 13.0. The van der Waals surface area contributed by atoms with Crippen molar-refractivity contribution in [2.45, 2.75) is 83.3 Å². The zero-order valence-electron chi connectivity index (χ0n) is 17.0. The average Bonchev–Trinajstić information content (AvgIpc) is 2.62. The van der Waals surface area contributed by atoms with Crippen LogP contribution in [0, 0.1) is 17.3 Å². The Morgan fingerprint density at radius 3 is 1.86 bits per heavy atom. The highest BCUT2D eigenvalue weighted by Crippen LogP contribution is 2.55. The molecular formula is C20H34N2O4S2. The van der Waals surface area contributed by atoms with E-state index in [0.717, 1.165) is 69.8 Å². The van der Waals surface area contributed by atoms with Crippen LogP contribution in [-0.4, -0.2) is 22.1 Å². The van der Waals surface area contributed by atoms with Crippen LogP contribution in [0.2, 0.25) is 0 Å². The minimum absolute atomic E-state index is 0.0687. The molecule has 0 radical (unpaired) electrons. The molecule has 2 atom stereocenters. The van der Waals surface area contributed by atoms with Gasteiger partial charge in [0.15, 0.2) is 0 Å². The van der Waals surface area contributed by atoms with Gasteiger partial charge in [0.25, 0.3) is 0 Å². The van der Waals surface area contributed by atoms with Crippen LogP contribution in [0.4, 0.5) is 0 Å². The van der Waals surface area contributed by atoms with Crippen LogP contribution in [0.5, 0.6) is 0 Å². The lowest BCUT2D eigenvalue weighted by molar-refractivity contribution is 0.183. The largest absolute Gasteiger partial charge is 0.235 e. The standard InChI is InChI=1S/C20H34N2O4S2/c1-14-13-17(27(21,23)24)20(2,16-11-7-4-8-12-16)19(28(22,25)26)18(14)15-9-5-3-6-10-15/h13,15-17H,3-12H2,1-2H3,(H2,21,23,24)(H2,22,25,26). The summed E-state index contributed by atoms with van der Waals surface area (Å²) in [5, 5.41) is 10.4. The Labute approximate surface area is 169 Å². The van der Waals surface area contributed by atoms with Gasteiger partial charge in [-0.1, -0.05) is 51.5 Å². The minimum Gasteiger partial charge on any atom is -0.228 e. The van der Waals surface area contributed by atoms with Crippen molar-refractivity contribution in [2.75, 3.05) is 0 Å². The minimum atomic E-state index is -4.09. The molecule has 3 aliphatic rings. The molecule has 8 heteroatoms. The van der Waals surface area contributed by atoms with Crippen molar-refractivity contribution in [3.63, 3.8) is 0 Å². The monoisotopic (exact) mass is 430 g/mol. The van der Waals surface area contributed by atoms with Gasteiger partial charge in [-0.2, -0.15) is 0 Å². The number of sulfonamides is 2. The maximum Gasteiger partial charge on any atom is 0.235 e. The first-order valence-electron chi connectivity index (χ1n) is 10.4. The van der Waals surface area contributed by atoms with E-state index in [1.807, 2.05) is 6.92 Å². The van der Waals surface area contributed by atoms with Crippen molar-refractivity contribution in [3.8, 4) is 0 Å². The molecule has 0 aromatic carbocycles. The van der Waals surface area contributed by atoms with Crippen LogP contribution in [0.1, 0.15) is 78.1 Å². The molecular weight excluding hydrogens is 396 g/mol. The quantitative estimate of drug-likeness (QED) is 0.710. The van der Waals surface area contributed by atoms with Crippen LogP contribution in [0.15, 0.2) is 22.1 Å². The molecule has 2 unspecified atom stereocenters. The second kappa shape index (κ2) is 7.85. The summed E-state index contributed by atoms with van der Waals surface area (Å²) in [4.78, 5) is 0.151. The van der Waals surface area contributed by atoms with Gasteiger partial charge in [0.1, 0.15) is 5.25 Å². The molecule has 160 valence electrons. The molecule has 0 aliphatic heterocycles. The molecule has 6 nitrogen and oxygen atoms in total. The number of nitrogens with two attached hydrogens (primary N) is 2. The molecule has 0 saturated heterocycles. The number of rotatable bonds is 4. The Bertz CT molecular complexity index is 877. The second-order valence-corrected chi connectivity index (χ2v) is 12.3. The average molecular weight is 431 g/mol. The predicted molar refractivity (Wildman–Crippen MR) is 112 cm³/mol. The Hall–Kier alpha value is -0.700. The molecule has 3 rings (SSSR count). The highest BCUT2D eigenvalue weighted by Gasteiger charge is 2.55. The van der Waals surface area contributed by atoms with Gasteiger partial charge in [-0.3, -0.25) is 0 Å². The Kier molecular flexibility index (Phi) is 6.17. The molecule has 0 aromatic heterocycles. The zero-order chi connectivity index (χ0) is 20.7. The van der Waals surface area contributed by atoms with Crippen LogP contribution in [0.3, 0.4) is 0 Å². The first-order valence-corrected chi connectivity index (χ1v) is 13.6. The highest BCUT2D eigenvalue weighted by atomic mass is 32.2. The summed E-state index contributed by atoms with van der Waals surface area (Å²) >= 11 is 0. The lowest BCUT2D eigenvalue weighted by Crippen LogP contribution is -2.52. The van der Waals surface area contributed by atoms with Gasteiger partial charge >= 0.3 is 0 Å². The zero-order valence-corrected chi connectivity index (χ0v) is 18.6. The van der Waals surface area contributed by atoms with Crippen LogP contribution in [-0.2, 0) is 20.0 Å². The van der Waals surface area contributed by atoms with E-state index >= 15 is 0 Å². The third-order valence-corrected chi connectivity index (χ3v) is 9.82. The predicted octanol–water partition coefficient (Wildman–Crippen LogP) is 3.31. The lowest BCUT2D eigenvalue weighted by atomic mass is 9.63. The molecule has 28 heavy (non-hydrogen) atoms. The van der Waals surface area contributed by atoms with Crippen LogP contribution in [0.25, 0.3) is 0 Å². The fraction of sp³-hybridized carbons (Fsp3) is 0.800. The van der Waals surface area contributed by atoms with Gasteiger partial charge in [-0.05, 0) is 55.6 Å². The van der Waals surface area contributed by atoms with Crippen molar-refractivity contribution >= 4 is 20.0 Å². The van der Waals surface area contributed by atoms with Crippen LogP contribution >= 0.6 is 0 Å². The fourth-order valence-corrected chi connectivity index (χ4v) is 9.00. The number of hydrogen-bond acceptors (Lipinski definition) is 4. The molecule has 3 aliphatic carbocycles. The molecule has 0 heterocycles. The Balaban J connectivity index is 2.29. The van der Waals surface area contributed by atoms with Gasteiger partial charge in [0.2, 0.25) is 20.0 Å². The Morgan fingerprint density at radius 2 is 1.39 bits per heavy atom. The van der Waals surface area contributed by atoms with Crippen molar-refractivity contribution in [1.82, 2.24) is 0 Å². The maximum atomic E-state index is 13.0. The van der Waals surface area contributed by atoms with E-state index in [0.29, 0.717) is 5.57 Å². The van der Waals surface area contributed by atoms with E-state index in [1.54, 1.807) is 13.0 Å². The summed E-state index contributed by atoms with van der Waals surface area (Å²) in [6, 6.07) is 0. The second-order valence-electron chi connectivity index (χ2n) is 9.10. The first kappa shape index (κ1) is 22.0. The summed E-state index contributed by atoms with van der Waals surface area (Å²) in [5.74, 6) is 0.0449. The molecule has 2 saturated carbocycles. The van der Waals surface area contributed by atoms with E-state index in [4.69, 9.17) is 10.3 Å². The number of allylic oxidation sites excluding steroid dienone is 3. The normalized spacial score (nSPS) is 31.7. The number of primary sulfonamides is 2. The summed E-state index contributed by atoms with van der Waals surface area (Å²) in [6.07, 6.45) is 11.4. The van der Waals surface area contributed by atoms with E-state index in [2.05, 4.69) is 0 Å². The van der Waals surface area contributed by atoms with E-state index in [-0.39, 0.29) is 16.7 Å². The summed E-state index contributed by atoms with van der Waals surface area (Å²) in [5.41, 5.74) is 0.367. The third kappa shape index (κ3) is 3.98. The lowest BCUT2D eigenvalue weighted by Gasteiger charge is -2.48. The third-order valence-electron chi connectivity index (χ3n) is 7.26. The van der Waals surface area contributed by atoms with Crippen LogP contribution < -0.4 is 10.3 Å². The highest BCUT2D eigenvalue weighted by molar-refractivity contribution is 7.93. The van der Waals surface area contributed by atoms with Crippen molar-refractivity contribution < 1.29 is 16.8 Å². The van der Waals surface area contributed by atoms with Crippen molar-refractivity contribution in [3.05, 3.63) is 22.1 Å². The van der Waals surface area contributed by atoms with Gasteiger partial charge in [-0.25, -0.2) is 27.1 Å². The number of hydrogen-bond donors (Lipinski definition) is 2. The van der Waals surface area contributed by atoms with E-state index in [9.17, 15) is 16.8 Å². The Morgan fingerprint density at radius 1 is 0.893 bits per heavy atom. The van der Waals surface area contributed by atoms with Crippen molar-refractivity contribution in [2.24, 2.45) is 27.5 Å². The van der Waals surface area contributed by atoms with E-state index < -0.39 is 30.7 Å². The molecule has 0 bridgehead atoms. The molecule has 0 amide bonds. The topological polar surface area (TPSA) is 120 Å². The molecule has 0 spiro atoms. The molecule has 0 aromatic rings. The van der Waals surface area contributed by atoms with Gasteiger partial charge in [-0.15, -0.1) is 0 Å².